The average Bonchev–Trinajstić information content (AvgIpc) is 2.98. The summed E-state index contributed by atoms with van der Waals surface area (Å²) in [6, 6.07) is 8.00. The number of benzene rings is 1. The maximum Gasteiger partial charge on any atom is 0.252 e. The molecule has 0 spiro atoms. The smallest absolute Gasteiger partial charge is 0.252 e. The summed E-state index contributed by atoms with van der Waals surface area (Å²) in [7, 11) is 0. The predicted octanol–water partition coefficient (Wildman–Crippen LogP) is 4.09. The molecule has 1 aromatic rings. The summed E-state index contributed by atoms with van der Waals surface area (Å²) >= 11 is 0. The van der Waals surface area contributed by atoms with Gasteiger partial charge in [0, 0.05) is 6.04 Å². The Morgan fingerprint density at radius 3 is 2.76 bits per heavy atom. The first kappa shape index (κ1) is 14.5. The molecule has 21 heavy (non-hydrogen) atoms. The van der Waals surface area contributed by atoms with Crippen LogP contribution in [0.5, 0.6) is 0 Å². The van der Waals surface area contributed by atoms with E-state index in [2.05, 4.69) is 6.07 Å². The van der Waals surface area contributed by atoms with Crippen molar-refractivity contribution >= 4 is 5.91 Å². The normalized spacial score (nSPS) is 32.0. The van der Waals surface area contributed by atoms with Crippen LogP contribution in [-0.4, -0.2) is 23.3 Å². The number of nitrogens with zero attached hydrogens (tertiary/aromatic N) is 1. The van der Waals surface area contributed by atoms with E-state index in [0.717, 1.165) is 24.0 Å². The quantitative estimate of drug-likeness (QED) is 0.822. The van der Waals surface area contributed by atoms with E-state index in [9.17, 15) is 13.6 Å². The Morgan fingerprint density at radius 2 is 2.14 bits per heavy atom. The molecule has 1 amide bonds. The Morgan fingerprint density at radius 1 is 1.38 bits per heavy atom. The number of hydrogen-bond acceptors (Lipinski definition) is 1. The van der Waals surface area contributed by atoms with Crippen LogP contribution in [0.4, 0.5) is 8.78 Å². The number of aryl methyl sites for hydroxylation is 1. The fourth-order valence-electron chi connectivity index (χ4n) is 3.99. The lowest BCUT2D eigenvalue weighted by atomic mass is 9.81. The molecular formula is C17H21F2NO. The van der Waals surface area contributed by atoms with Crippen LogP contribution in [0.2, 0.25) is 0 Å². The summed E-state index contributed by atoms with van der Waals surface area (Å²) in [5, 5.41) is 0. The van der Waals surface area contributed by atoms with Crippen LogP contribution in [0.15, 0.2) is 24.3 Å². The molecule has 3 atom stereocenters. The zero-order valence-electron chi connectivity index (χ0n) is 12.5. The second-order valence-electron chi connectivity index (χ2n) is 6.39. The highest BCUT2D eigenvalue weighted by molar-refractivity contribution is 5.86. The van der Waals surface area contributed by atoms with E-state index < -0.39 is 11.8 Å². The van der Waals surface area contributed by atoms with Crippen LogP contribution in [0.25, 0.3) is 0 Å². The summed E-state index contributed by atoms with van der Waals surface area (Å²) < 4.78 is 27.0. The van der Waals surface area contributed by atoms with Crippen molar-refractivity contribution in [3.05, 3.63) is 35.4 Å². The van der Waals surface area contributed by atoms with Crippen LogP contribution in [0.1, 0.15) is 49.8 Å². The van der Waals surface area contributed by atoms with Crippen molar-refractivity contribution in [2.45, 2.75) is 58.0 Å². The fraction of sp³-hybridized carbons (Fsp3) is 0.588. The molecule has 0 saturated carbocycles. The van der Waals surface area contributed by atoms with Crippen molar-refractivity contribution in [1.29, 1.82) is 0 Å². The lowest BCUT2D eigenvalue weighted by Crippen LogP contribution is -2.40. The number of rotatable bonds is 3. The minimum atomic E-state index is -2.57. The van der Waals surface area contributed by atoms with E-state index in [4.69, 9.17) is 0 Å². The zero-order valence-corrected chi connectivity index (χ0v) is 12.5. The highest BCUT2D eigenvalue weighted by Gasteiger charge is 2.59. The van der Waals surface area contributed by atoms with Crippen LogP contribution in [-0.2, 0) is 4.79 Å². The van der Waals surface area contributed by atoms with Gasteiger partial charge in [-0.3, -0.25) is 4.79 Å². The molecule has 114 valence electrons. The largest absolute Gasteiger partial charge is 0.332 e. The molecule has 0 aromatic heterocycles. The second kappa shape index (κ2) is 5.08. The van der Waals surface area contributed by atoms with Crippen molar-refractivity contribution in [1.82, 2.24) is 4.90 Å². The Labute approximate surface area is 124 Å². The van der Waals surface area contributed by atoms with Crippen molar-refractivity contribution < 1.29 is 13.6 Å². The van der Waals surface area contributed by atoms with E-state index in [0.29, 0.717) is 6.42 Å². The molecule has 2 heterocycles. The standard InChI is InChI=1S/C17H21F2NO/c1-3-17(15(18)19)10-13-7-8-14(20(13)16(17)21)12-6-4-5-11(2)9-12/h4-6,9,13-15H,3,7-8,10H2,1-2H3/t13-,14-,17-/m1/s1. The first-order valence-electron chi connectivity index (χ1n) is 7.67. The Hall–Kier alpha value is -1.45. The third-order valence-electron chi connectivity index (χ3n) is 5.24. The number of amides is 1. The number of halogens is 2. The Bertz CT molecular complexity index is 559. The molecule has 0 N–H and O–H groups in total. The van der Waals surface area contributed by atoms with Crippen LogP contribution in [0.3, 0.4) is 0 Å². The van der Waals surface area contributed by atoms with Gasteiger partial charge in [-0.1, -0.05) is 36.8 Å². The molecule has 1 aromatic carbocycles. The number of carbonyl (C=O) groups is 1. The van der Waals surface area contributed by atoms with Crippen molar-refractivity contribution in [2.75, 3.05) is 0 Å². The van der Waals surface area contributed by atoms with E-state index in [-0.39, 0.29) is 24.4 Å². The van der Waals surface area contributed by atoms with Gasteiger partial charge in [0.1, 0.15) is 5.41 Å². The third kappa shape index (κ3) is 2.07. The van der Waals surface area contributed by atoms with Gasteiger partial charge >= 0.3 is 0 Å². The highest BCUT2D eigenvalue weighted by atomic mass is 19.3. The summed E-state index contributed by atoms with van der Waals surface area (Å²) in [6.45, 7) is 3.71. The molecule has 0 radical (unpaired) electrons. The lowest BCUT2D eigenvalue weighted by molar-refractivity contribution is -0.146. The highest BCUT2D eigenvalue weighted by Crippen LogP contribution is 2.52. The number of alkyl halides is 2. The molecule has 3 rings (SSSR count). The van der Waals surface area contributed by atoms with Gasteiger partial charge in [0.15, 0.2) is 0 Å². The van der Waals surface area contributed by atoms with Gasteiger partial charge in [-0.2, -0.15) is 0 Å². The van der Waals surface area contributed by atoms with E-state index >= 15 is 0 Å². The topological polar surface area (TPSA) is 20.3 Å². The molecule has 0 bridgehead atoms. The Balaban J connectivity index is 1.94. The van der Waals surface area contributed by atoms with Gasteiger partial charge in [0.2, 0.25) is 5.91 Å². The van der Waals surface area contributed by atoms with Gasteiger partial charge in [0.25, 0.3) is 6.43 Å². The molecule has 4 heteroatoms. The summed E-state index contributed by atoms with van der Waals surface area (Å²) in [5.41, 5.74) is 0.762. The van der Waals surface area contributed by atoms with E-state index in [1.807, 2.05) is 25.1 Å². The lowest BCUT2D eigenvalue weighted by Gasteiger charge is -2.29. The summed E-state index contributed by atoms with van der Waals surface area (Å²) in [4.78, 5) is 14.5. The zero-order chi connectivity index (χ0) is 15.2. The maximum absolute atomic E-state index is 13.5. The van der Waals surface area contributed by atoms with Gasteiger partial charge in [-0.15, -0.1) is 0 Å². The molecule has 2 aliphatic rings. The SMILES string of the molecule is CC[C@]1(C(F)F)C[C@H]2CC[C@H](c3cccc(C)c3)N2C1=O. The van der Waals surface area contributed by atoms with Gasteiger partial charge in [-0.25, -0.2) is 8.78 Å². The first-order chi connectivity index (χ1) is 9.99. The monoisotopic (exact) mass is 293 g/mol. The van der Waals surface area contributed by atoms with E-state index in [1.165, 1.54) is 0 Å². The molecule has 2 saturated heterocycles. The predicted molar refractivity (Wildman–Crippen MR) is 77.1 cm³/mol. The number of carbonyl (C=O) groups excluding carboxylic acids is 1. The number of fused-ring (bicyclic) bond motifs is 1. The van der Waals surface area contributed by atoms with Gasteiger partial charge < -0.3 is 4.90 Å². The van der Waals surface area contributed by atoms with Crippen LogP contribution in [0, 0.1) is 12.3 Å². The number of hydrogen-bond donors (Lipinski definition) is 0. The third-order valence-corrected chi connectivity index (χ3v) is 5.24. The summed E-state index contributed by atoms with van der Waals surface area (Å²) in [5.74, 6) is -0.339. The van der Waals surface area contributed by atoms with E-state index in [1.54, 1.807) is 11.8 Å². The molecule has 0 unspecified atom stereocenters. The first-order valence-corrected chi connectivity index (χ1v) is 7.67. The molecular weight excluding hydrogens is 272 g/mol. The van der Waals surface area contributed by atoms with Crippen molar-refractivity contribution in [3.63, 3.8) is 0 Å². The second-order valence-corrected chi connectivity index (χ2v) is 6.39. The molecule has 2 aliphatic heterocycles. The molecule has 2 fully saturated rings. The van der Waals surface area contributed by atoms with Gasteiger partial charge in [-0.05, 0) is 38.2 Å². The van der Waals surface area contributed by atoms with Crippen molar-refractivity contribution in [2.24, 2.45) is 5.41 Å². The summed E-state index contributed by atoms with van der Waals surface area (Å²) in [6.07, 6.45) is -0.333. The average molecular weight is 293 g/mol. The van der Waals surface area contributed by atoms with Gasteiger partial charge in [0.05, 0.1) is 6.04 Å². The molecule has 2 nitrogen and oxygen atoms in total. The maximum atomic E-state index is 13.5. The fourth-order valence-corrected chi connectivity index (χ4v) is 3.99. The molecule has 0 aliphatic carbocycles. The van der Waals surface area contributed by atoms with Crippen LogP contribution < -0.4 is 0 Å². The van der Waals surface area contributed by atoms with Crippen LogP contribution >= 0.6 is 0 Å². The minimum absolute atomic E-state index is 0.0167. The minimum Gasteiger partial charge on any atom is -0.332 e. The van der Waals surface area contributed by atoms with Crippen molar-refractivity contribution in [3.8, 4) is 0 Å². The Kier molecular flexibility index (Phi) is 3.50.